The van der Waals surface area contributed by atoms with Crippen LogP contribution in [0.1, 0.15) is 36.6 Å². The molecule has 0 radical (unpaired) electrons. The molecule has 6 nitrogen and oxygen atoms in total. The topological polar surface area (TPSA) is 67.8 Å². The van der Waals surface area contributed by atoms with Crippen molar-refractivity contribution in [1.82, 2.24) is 15.6 Å². The van der Waals surface area contributed by atoms with Gasteiger partial charge in [0, 0.05) is 44.6 Å². The zero-order valence-electron chi connectivity index (χ0n) is 17.3. The number of ether oxygens (including phenoxy) is 2. The van der Waals surface area contributed by atoms with Gasteiger partial charge in [0.2, 0.25) is 0 Å². The Kier molecular flexibility index (Phi) is 8.94. The van der Waals surface area contributed by atoms with Crippen molar-refractivity contribution in [2.75, 3.05) is 26.3 Å². The van der Waals surface area contributed by atoms with Crippen LogP contribution in [0.5, 0.6) is 0 Å². The third-order valence-corrected chi connectivity index (χ3v) is 4.84. The zero-order valence-corrected chi connectivity index (χ0v) is 17.3. The standard InChI is InChI=1S/C23H32N4O2/c1-2-24-23(26-14-10-21-5-3-4-13-25-21)27-17-19-6-8-20(9-7-19)18-29-22-11-15-28-16-12-22/h3-9,13,22H,2,10-12,14-18H2,1H3,(H2,24,26,27). The maximum Gasteiger partial charge on any atom is 0.191 e. The Balaban J connectivity index is 1.44. The molecule has 0 spiro atoms. The van der Waals surface area contributed by atoms with Crippen LogP contribution < -0.4 is 10.6 Å². The van der Waals surface area contributed by atoms with E-state index in [2.05, 4.69) is 46.8 Å². The van der Waals surface area contributed by atoms with Gasteiger partial charge in [-0.2, -0.15) is 0 Å². The second-order valence-electron chi connectivity index (χ2n) is 7.13. The molecule has 0 unspecified atom stereocenters. The predicted octanol–water partition coefficient (Wildman–Crippen LogP) is 3.08. The predicted molar refractivity (Wildman–Crippen MR) is 116 cm³/mol. The molecule has 1 fully saturated rings. The van der Waals surface area contributed by atoms with Gasteiger partial charge < -0.3 is 20.1 Å². The fourth-order valence-electron chi connectivity index (χ4n) is 3.16. The summed E-state index contributed by atoms with van der Waals surface area (Å²) in [6, 6.07) is 14.5. The van der Waals surface area contributed by atoms with Crippen molar-refractivity contribution in [3.05, 3.63) is 65.5 Å². The molecule has 0 bridgehead atoms. The highest BCUT2D eigenvalue weighted by atomic mass is 16.5. The van der Waals surface area contributed by atoms with Gasteiger partial charge in [0.05, 0.1) is 19.3 Å². The van der Waals surface area contributed by atoms with Crippen LogP contribution in [0.2, 0.25) is 0 Å². The summed E-state index contributed by atoms with van der Waals surface area (Å²) in [4.78, 5) is 9.04. The van der Waals surface area contributed by atoms with Gasteiger partial charge in [0.15, 0.2) is 5.96 Å². The van der Waals surface area contributed by atoms with Crippen LogP contribution in [0, 0.1) is 0 Å². The number of benzene rings is 1. The molecule has 1 aromatic carbocycles. The van der Waals surface area contributed by atoms with Crippen LogP contribution in [0.25, 0.3) is 0 Å². The third-order valence-electron chi connectivity index (χ3n) is 4.84. The molecule has 1 aromatic heterocycles. The summed E-state index contributed by atoms with van der Waals surface area (Å²) in [5, 5.41) is 6.67. The summed E-state index contributed by atoms with van der Waals surface area (Å²) in [7, 11) is 0. The smallest absolute Gasteiger partial charge is 0.191 e. The molecular weight excluding hydrogens is 364 g/mol. The molecule has 156 valence electrons. The van der Waals surface area contributed by atoms with Crippen molar-refractivity contribution in [3.8, 4) is 0 Å². The quantitative estimate of drug-likeness (QED) is 0.504. The second-order valence-corrected chi connectivity index (χ2v) is 7.13. The van der Waals surface area contributed by atoms with Crippen molar-refractivity contribution < 1.29 is 9.47 Å². The molecule has 0 aliphatic carbocycles. The molecule has 2 aromatic rings. The van der Waals surface area contributed by atoms with Crippen LogP contribution >= 0.6 is 0 Å². The molecule has 0 amide bonds. The number of nitrogens with one attached hydrogen (secondary N) is 2. The fraction of sp³-hybridized carbons (Fsp3) is 0.478. The van der Waals surface area contributed by atoms with E-state index >= 15 is 0 Å². The molecule has 1 aliphatic rings. The molecule has 0 atom stereocenters. The molecular formula is C23H32N4O2. The second kappa shape index (κ2) is 12.2. The molecule has 29 heavy (non-hydrogen) atoms. The number of hydrogen-bond acceptors (Lipinski definition) is 4. The first-order chi connectivity index (χ1) is 14.3. The lowest BCUT2D eigenvalue weighted by atomic mass is 10.1. The van der Waals surface area contributed by atoms with Gasteiger partial charge in [-0.05, 0) is 43.0 Å². The van der Waals surface area contributed by atoms with Crippen molar-refractivity contribution in [2.24, 2.45) is 4.99 Å². The highest BCUT2D eigenvalue weighted by Crippen LogP contribution is 2.14. The Morgan fingerprint density at radius 1 is 1.10 bits per heavy atom. The van der Waals surface area contributed by atoms with E-state index in [0.29, 0.717) is 19.3 Å². The summed E-state index contributed by atoms with van der Waals surface area (Å²) < 4.78 is 11.4. The van der Waals surface area contributed by atoms with E-state index in [0.717, 1.165) is 57.2 Å². The van der Waals surface area contributed by atoms with Crippen molar-refractivity contribution in [1.29, 1.82) is 0 Å². The van der Waals surface area contributed by atoms with Gasteiger partial charge in [0.1, 0.15) is 0 Å². The average Bonchev–Trinajstić information content (AvgIpc) is 2.78. The Morgan fingerprint density at radius 2 is 1.90 bits per heavy atom. The number of rotatable bonds is 9. The molecule has 1 saturated heterocycles. The summed E-state index contributed by atoms with van der Waals surface area (Å²) in [5.74, 6) is 0.829. The van der Waals surface area contributed by atoms with E-state index in [4.69, 9.17) is 14.5 Å². The minimum Gasteiger partial charge on any atom is -0.381 e. The number of aromatic nitrogens is 1. The number of hydrogen-bond donors (Lipinski definition) is 2. The normalized spacial score (nSPS) is 15.3. The van der Waals surface area contributed by atoms with E-state index in [-0.39, 0.29) is 0 Å². The average molecular weight is 397 g/mol. The van der Waals surface area contributed by atoms with E-state index in [1.54, 1.807) is 0 Å². The lowest BCUT2D eigenvalue weighted by Crippen LogP contribution is -2.38. The monoisotopic (exact) mass is 396 g/mol. The fourth-order valence-corrected chi connectivity index (χ4v) is 3.16. The number of pyridine rings is 1. The summed E-state index contributed by atoms with van der Waals surface area (Å²) in [5.41, 5.74) is 3.46. The highest BCUT2D eigenvalue weighted by molar-refractivity contribution is 5.79. The lowest BCUT2D eigenvalue weighted by molar-refractivity contribution is -0.0390. The SMILES string of the molecule is CCNC(=NCc1ccc(COC2CCOCC2)cc1)NCCc1ccccn1. The molecule has 3 rings (SSSR count). The van der Waals surface area contributed by atoms with E-state index in [9.17, 15) is 0 Å². The minimum absolute atomic E-state index is 0.327. The summed E-state index contributed by atoms with van der Waals surface area (Å²) in [6.45, 7) is 6.62. The zero-order chi connectivity index (χ0) is 20.2. The molecule has 2 heterocycles. The molecule has 2 N–H and O–H groups in total. The Hall–Kier alpha value is -2.44. The van der Waals surface area contributed by atoms with Crippen molar-refractivity contribution >= 4 is 5.96 Å². The number of aliphatic imine (C=N–C) groups is 1. The van der Waals surface area contributed by atoms with Crippen LogP contribution in [0.15, 0.2) is 53.7 Å². The molecule has 1 aliphatic heterocycles. The van der Waals surface area contributed by atoms with Crippen LogP contribution in [0.3, 0.4) is 0 Å². The van der Waals surface area contributed by atoms with Gasteiger partial charge in [0.25, 0.3) is 0 Å². The van der Waals surface area contributed by atoms with E-state index in [1.165, 1.54) is 11.1 Å². The van der Waals surface area contributed by atoms with Crippen molar-refractivity contribution in [2.45, 2.75) is 45.4 Å². The van der Waals surface area contributed by atoms with Crippen LogP contribution in [0.4, 0.5) is 0 Å². The molecule has 6 heteroatoms. The largest absolute Gasteiger partial charge is 0.381 e. The van der Waals surface area contributed by atoms with Gasteiger partial charge >= 0.3 is 0 Å². The van der Waals surface area contributed by atoms with E-state index < -0.39 is 0 Å². The van der Waals surface area contributed by atoms with Gasteiger partial charge in [-0.15, -0.1) is 0 Å². The summed E-state index contributed by atoms with van der Waals surface area (Å²) in [6.07, 6.45) is 5.01. The summed E-state index contributed by atoms with van der Waals surface area (Å²) >= 11 is 0. The van der Waals surface area contributed by atoms with Gasteiger partial charge in [-0.1, -0.05) is 30.3 Å². The Bertz CT molecular complexity index is 728. The van der Waals surface area contributed by atoms with Gasteiger partial charge in [-0.3, -0.25) is 4.98 Å². The van der Waals surface area contributed by atoms with Gasteiger partial charge in [-0.25, -0.2) is 4.99 Å². The highest BCUT2D eigenvalue weighted by Gasteiger charge is 2.13. The maximum atomic E-state index is 5.99. The maximum absolute atomic E-state index is 5.99. The first kappa shape index (κ1) is 21.3. The van der Waals surface area contributed by atoms with E-state index in [1.807, 2.05) is 24.4 Å². The van der Waals surface area contributed by atoms with Crippen molar-refractivity contribution in [3.63, 3.8) is 0 Å². The Labute approximate surface area is 173 Å². The third kappa shape index (κ3) is 7.83. The lowest BCUT2D eigenvalue weighted by Gasteiger charge is -2.22. The van der Waals surface area contributed by atoms with Crippen LogP contribution in [-0.4, -0.2) is 43.4 Å². The minimum atomic E-state index is 0.327. The number of nitrogens with zero attached hydrogens (tertiary/aromatic N) is 2. The Morgan fingerprint density at radius 3 is 2.62 bits per heavy atom. The van der Waals surface area contributed by atoms with Crippen LogP contribution in [-0.2, 0) is 29.0 Å². The number of guanidine groups is 1. The molecule has 0 saturated carbocycles. The first-order valence-electron chi connectivity index (χ1n) is 10.5. The first-order valence-corrected chi connectivity index (χ1v) is 10.5.